The molecule has 4 heterocycles. The van der Waals surface area contributed by atoms with Gasteiger partial charge >= 0.3 is 6.09 Å². The van der Waals surface area contributed by atoms with Gasteiger partial charge in [-0.25, -0.2) is 14.8 Å². The van der Waals surface area contributed by atoms with Gasteiger partial charge in [0.15, 0.2) is 0 Å². The Kier molecular flexibility index (Phi) is 8.86. The Labute approximate surface area is 244 Å². The van der Waals surface area contributed by atoms with Crippen molar-refractivity contribution in [3.05, 3.63) is 64.8 Å². The lowest BCUT2D eigenvalue weighted by atomic mass is 10.0. The van der Waals surface area contributed by atoms with Crippen molar-refractivity contribution in [2.24, 2.45) is 0 Å². The van der Waals surface area contributed by atoms with Gasteiger partial charge in [0, 0.05) is 50.2 Å². The number of fused-ring (bicyclic) bond motifs is 3. The summed E-state index contributed by atoms with van der Waals surface area (Å²) >= 11 is 1.60. The number of carbonyl (C=O) groups excluding carboxylic acids is 2. The van der Waals surface area contributed by atoms with Crippen LogP contribution >= 0.6 is 11.3 Å². The maximum absolute atomic E-state index is 13.0. The van der Waals surface area contributed by atoms with Crippen LogP contribution in [0.1, 0.15) is 42.8 Å². The first-order valence-electron chi connectivity index (χ1n) is 14.0. The third-order valence-electron chi connectivity index (χ3n) is 7.29. The Balaban J connectivity index is 1.17. The molecule has 1 atom stereocenters. The molecule has 0 aliphatic carbocycles. The molecule has 1 fully saturated rings. The molecule has 41 heavy (non-hydrogen) atoms. The van der Waals surface area contributed by atoms with Gasteiger partial charge in [-0.15, -0.1) is 11.3 Å². The maximum atomic E-state index is 13.0. The van der Waals surface area contributed by atoms with Crippen molar-refractivity contribution in [3.8, 4) is 0 Å². The number of hydrogen-bond donors (Lipinski definition) is 2. The number of carbonyl (C=O) groups is 2. The van der Waals surface area contributed by atoms with E-state index in [9.17, 15) is 14.7 Å². The van der Waals surface area contributed by atoms with Gasteiger partial charge in [-0.3, -0.25) is 9.69 Å². The van der Waals surface area contributed by atoms with E-state index in [1.54, 1.807) is 28.6 Å². The molecule has 0 spiro atoms. The Morgan fingerprint density at radius 2 is 1.85 bits per heavy atom. The second-order valence-electron chi connectivity index (χ2n) is 11.4. The number of thiophene rings is 1. The second-order valence-corrected chi connectivity index (χ2v) is 12.5. The van der Waals surface area contributed by atoms with Crippen LogP contribution in [0, 0.1) is 0 Å². The van der Waals surface area contributed by atoms with Gasteiger partial charge in [0.25, 0.3) is 0 Å². The van der Waals surface area contributed by atoms with Crippen molar-refractivity contribution in [1.29, 1.82) is 0 Å². The molecule has 3 aromatic rings. The maximum Gasteiger partial charge on any atom is 0.410 e. The summed E-state index contributed by atoms with van der Waals surface area (Å²) in [5.74, 6) is 0.705. The van der Waals surface area contributed by atoms with Gasteiger partial charge in [0.1, 0.15) is 22.6 Å². The molecule has 0 unspecified atom stereocenters. The number of nitrogens with one attached hydrogen (secondary N) is 1. The lowest BCUT2D eigenvalue weighted by Gasteiger charge is -2.35. The number of anilines is 1. The number of benzene rings is 1. The fourth-order valence-corrected chi connectivity index (χ4v) is 6.36. The fourth-order valence-electron chi connectivity index (χ4n) is 5.16. The van der Waals surface area contributed by atoms with Crippen molar-refractivity contribution in [2.45, 2.75) is 45.4 Å². The van der Waals surface area contributed by atoms with Gasteiger partial charge in [-0.1, -0.05) is 36.4 Å². The average Bonchev–Trinajstić information content (AvgIpc) is 3.34. The van der Waals surface area contributed by atoms with Crippen molar-refractivity contribution in [3.63, 3.8) is 0 Å². The van der Waals surface area contributed by atoms with Crippen LogP contribution in [0.25, 0.3) is 10.2 Å². The zero-order valence-corrected chi connectivity index (χ0v) is 24.7. The molecule has 218 valence electrons. The van der Waals surface area contributed by atoms with Crippen molar-refractivity contribution in [1.82, 2.24) is 24.7 Å². The molecule has 0 bridgehead atoms. The predicted octanol–water partition coefficient (Wildman–Crippen LogP) is 3.83. The third kappa shape index (κ3) is 7.03. The van der Waals surface area contributed by atoms with Crippen LogP contribution in [-0.2, 0) is 22.5 Å². The average molecular weight is 579 g/mol. The summed E-state index contributed by atoms with van der Waals surface area (Å²) in [5.41, 5.74) is 1.66. The molecule has 2 aromatic heterocycles. The summed E-state index contributed by atoms with van der Waals surface area (Å²) in [5, 5.41) is 14.4. The second kappa shape index (κ2) is 12.5. The fraction of sp³-hybridized carbons (Fsp3) is 0.467. The van der Waals surface area contributed by atoms with E-state index < -0.39 is 5.60 Å². The van der Waals surface area contributed by atoms with E-state index >= 15 is 0 Å². The Bertz CT molecular complexity index is 1400. The number of ether oxygens (including phenoxy) is 1. The molecule has 2 aliphatic heterocycles. The zero-order valence-electron chi connectivity index (χ0n) is 23.9. The van der Waals surface area contributed by atoms with Crippen LogP contribution < -0.4 is 5.32 Å². The molecule has 1 aromatic carbocycles. The summed E-state index contributed by atoms with van der Waals surface area (Å²) in [6.45, 7) is 10.1. The number of hydrogen-bond acceptors (Lipinski definition) is 9. The van der Waals surface area contributed by atoms with Gasteiger partial charge in [-0.05, 0) is 38.3 Å². The Hall–Kier alpha value is -3.54. The largest absolute Gasteiger partial charge is 0.444 e. The molecular weight excluding hydrogens is 540 g/mol. The lowest BCUT2D eigenvalue weighted by Crippen LogP contribution is -2.49. The number of aliphatic hydroxyl groups excluding tert-OH is 1. The number of aromatic nitrogens is 2. The van der Waals surface area contributed by atoms with Crippen LogP contribution in [0.15, 0.2) is 48.8 Å². The SMILES string of the molecule is CC(C)(C)OC(=O)N1CCN(C/C=C/C(=O)N2CCc3c(sc4ncnc(N[C@H](CO)c5ccccc5)c34)C2)CC1. The molecule has 2 N–H and O–H groups in total. The van der Waals surface area contributed by atoms with E-state index in [2.05, 4.69) is 20.2 Å². The first-order chi connectivity index (χ1) is 19.7. The van der Waals surface area contributed by atoms with Gasteiger partial charge in [0.2, 0.25) is 5.91 Å². The van der Waals surface area contributed by atoms with Gasteiger partial charge in [-0.2, -0.15) is 0 Å². The van der Waals surface area contributed by atoms with E-state index in [-0.39, 0.29) is 24.6 Å². The lowest BCUT2D eigenvalue weighted by molar-refractivity contribution is -0.126. The van der Waals surface area contributed by atoms with Crippen LogP contribution in [0.3, 0.4) is 0 Å². The van der Waals surface area contributed by atoms with Crippen LogP contribution in [0.5, 0.6) is 0 Å². The van der Waals surface area contributed by atoms with Crippen molar-refractivity contribution < 1.29 is 19.4 Å². The highest BCUT2D eigenvalue weighted by Crippen LogP contribution is 2.38. The van der Waals surface area contributed by atoms with Crippen LogP contribution in [-0.4, -0.2) is 93.3 Å². The molecule has 10 nitrogen and oxygen atoms in total. The number of amides is 2. The molecule has 1 saturated heterocycles. The van der Waals surface area contributed by atoms with Crippen LogP contribution in [0.4, 0.5) is 10.6 Å². The predicted molar refractivity (Wildman–Crippen MR) is 160 cm³/mol. The van der Waals surface area contributed by atoms with Gasteiger partial charge < -0.3 is 25.0 Å². The zero-order chi connectivity index (χ0) is 29.0. The first kappa shape index (κ1) is 29.0. The number of nitrogens with zero attached hydrogens (tertiary/aromatic N) is 5. The van der Waals surface area contributed by atoms with E-state index in [1.807, 2.05) is 62.1 Å². The standard InChI is InChI=1S/C30H38N6O4S/c1-30(2,3)40-29(39)35-16-14-34(15-17-35)12-7-10-25(38)36-13-11-22-24(18-36)41-28-26(22)27(31-20-32-28)33-23(19-37)21-8-5-4-6-9-21/h4-10,20,23,37H,11-19H2,1-3H3,(H,31,32,33)/b10-7+/t23-/m1/s1. The molecule has 0 saturated carbocycles. The molecule has 0 radical (unpaired) electrons. The Morgan fingerprint density at radius 3 is 2.56 bits per heavy atom. The van der Waals surface area contributed by atoms with E-state index in [0.717, 1.165) is 40.2 Å². The quantitative estimate of drug-likeness (QED) is 0.407. The minimum absolute atomic E-state index is 0.00523. The molecule has 11 heteroatoms. The van der Waals surface area contributed by atoms with E-state index in [4.69, 9.17) is 4.74 Å². The number of aliphatic hydroxyl groups is 1. The molecule has 2 aliphatic rings. The third-order valence-corrected chi connectivity index (χ3v) is 8.42. The Morgan fingerprint density at radius 1 is 1.10 bits per heavy atom. The molecule has 2 amide bonds. The summed E-state index contributed by atoms with van der Waals surface area (Å²) in [6, 6.07) is 9.54. The van der Waals surface area contributed by atoms with Crippen LogP contribution in [0.2, 0.25) is 0 Å². The van der Waals surface area contributed by atoms with Crippen molar-refractivity contribution in [2.75, 3.05) is 51.2 Å². The smallest absolute Gasteiger partial charge is 0.410 e. The summed E-state index contributed by atoms with van der Waals surface area (Å²) in [6.07, 6.45) is 5.57. The van der Waals surface area contributed by atoms with Crippen molar-refractivity contribution >= 4 is 39.4 Å². The van der Waals surface area contributed by atoms with E-state index in [0.29, 0.717) is 38.5 Å². The van der Waals surface area contributed by atoms with Gasteiger partial charge in [0.05, 0.1) is 24.6 Å². The summed E-state index contributed by atoms with van der Waals surface area (Å²) in [4.78, 5) is 42.2. The highest BCUT2D eigenvalue weighted by Gasteiger charge is 2.27. The minimum atomic E-state index is -0.500. The topological polar surface area (TPSA) is 111 Å². The van der Waals surface area contributed by atoms with E-state index in [1.165, 1.54) is 5.56 Å². The molecular formula is C30H38N6O4S. The minimum Gasteiger partial charge on any atom is -0.444 e. The normalized spacial score (nSPS) is 17.1. The monoisotopic (exact) mass is 578 g/mol. The summed E-state index contributed by atoms with van der Waals surface area (Å²) in [7, 11) is 0. The number of rotatable bonds is 7. The molecule has 5 rings (SSSR count). The highest BCUT2D eigenvalue weighted by atomic mass is 32.1. The first-order valence-corrected chi connectivity index (χ1v) is 14.9. The highest BCUT2D eigenvalue weighted by molar-refractivity contribution is 7.19. The number of piperazine rings is 1. The summed E-state index contributed by atoms with van der Waals surface area (Å²) < 4.78 is 5.47.